The Morgan fingerprint density at radius 3 is 2.00 bits per heavy atom. The first-order chi connectivity index (χ1) is 3.62. The normalized spacial score (nSPS) is 8.75. The molecule has 4 heteroatoms. The quantitative estimate of drug-likeness (QED) is 0.355. The summed E-state index contributed by atoms with van der Waals surface area (Å²) in [6.45, 7) is 0. The molecule has 8 heavy (non-hydrogen) atoms. The fourth-order valence-electron chi connectivity index (χ4n) is 0.0874. The maximum absolute atomic E-state index is 10.00. The molecule has 0 unspecified atom stereocenters. The van der Waals surface area contributed by atoms with Crippen LogP contribution in [0.3, 0.4) is 0 Å². The molecule has 0 aliphatic carbocycles. The highest BCUT2D eigenvalue weighted by Crippen LogP contribution is 1.84. The van der Waals surface area contributed by atoms with Crippen molar-refractivity contribution in [3.63, 3.8) is 0 Å². The molecule has 0 aliphatic rings. The van der Waals surface area contributed by atoms with Crippen molar-refractivity contribution in [2.45, 2.75) is 0 Å². The largest absolute Gasteiger partial charge is 0.389 e. The zero-order valence-electron chi connectivity index (χ0n) is 3.79. The summed E-state index contributed by atoms with van der Waals surface area (Å²) in [5, 5.41) is 1.35. The number of hydrogen-bond acceptors (Lipinski definition) is 3. The molecular weight excluding hydrogens is 128 g/mol. The molecule has 0 aromatic carbocycles. The summed E-state index contributed by atoms with van der Waals surface area (Å²) in [5.41, 5.74) is 0. The van der Waals surface area contributed by atoms with Gasteiger partial charge in [0.25, 0.3) is 0 Å². The van der Waals surface area contributed by atoms with Crippen LogP contribution >= 0.6 is 0 Å². The molecule has 0 amide bonds. The van der Waals surface area contributed by atoms with E-state index in [1.165, 1.54) is 11.4 Å². The average molecular weight is 130 g/mol. The minimum absolute atomic E-state index is 1.35. The average Bonchev–Trinajstić information content (AvgIpc) is 1.67. The third kappa shape index (κ3) is 2.12. The molecule has 0 rings (SSSR count). The monoisotopic (exact) mass is 130 g/mol. The Balaban J connectivity index is 4.31. The fourth-order valence-corrected chi connectivity index (χ4v) is 0.262. The zero-order chi connectivity index (χ0) is 6.62. The zero-order valence-corrected chi connectivity index (χ0v) is 4.60. The number of hydrogen-bond donors (Lipinski definition) is 0. The van der Waals surface area contributed by atoms with E-state index in [0.717, 1.165) is 0 Å². The Morgan fingerprint density at radius 1 is 1.38 bits per heavy atom. The molecule has 0 aliphatic heterocycles. The number of rotatable bonds is 1. The van der Waals surface area contributed by atoms with Gasteiger partial charge in [0.1, 0.15) is 6.11 Å². The lowest BCUT2D eigenvalue weighted by Crippen LogP contribution is -1.94. The van der Waals surface area contributed by atoms with Gasteiger partial charge in [-0.1, -0.05) is 12.8 Å². The minimum atomic E-state index is -3.88. The van der Waals surface area contributed by atoms with E-state index in [4.69, 9.17) is 0 Å². The first kappa shape index (κ1) is 6.87. The van der Waals surface area contributed by atoms with Crippen molar-refractivity contribution in [1.82, 2.24) is 0 Å². The van der Waals surface area contributed by atoms with E-state index < -0.39 is 10.1 Å². The molecule has 3 nitrogen and oxygen atoms in total. The van der Waals surface area contributed by atoms with Gasteiger partial charge in [-0.15, -0.1) is 0 Å². The van der Waals surface area contributed by atoms with E-state index in [1.807, 2.05) is 0 Å². The van der Waals surface area contributed by atoms with Gasteiger partial charge in [-0.2, -0.15) is 8.42 Å². The third-order valence-corrected chi connectivity index (χ3v) is 0.906. The molecule has 0 aromatic rings. The van der Waals surface area contributed by atoms with Crippen LogP contribution < -0.4 is 0 Å². The van der Waals surface area contributed by atoms with Crippen molar-refractivity contribution in [2.75, 3.05) is 0 Å². The van der Waals surface area contributed by atoms with Crippen LogP contribution in [0.5, 0.6) is 0 Å². The molecular formula is C4H2O3S. The van der Waals surface area contributed by atoms with E-state index in [1.54, 1.807) is 0 Å². The van der Waals surface area contributed by atoms with Gasteiger partial charge in [0.05, 0.1) is 5.25 Å². The highest BCUT2D eigenvalue weighted by molar-refractivity contribution is 7.91. The van der Waals surface area contributed by atoms with Gasteiger partial charge in [-0.05, 0) is 0 Å². The van der Waals surface area contributed by atoms with Crippen LogP contribution in [0.1, 0.15) is 0 Å². The molecule has 0 atom stereocenters. The lowest BCUT2D eigenvalue weighted by molar-refractivity contribution is 0.478. The minimum Gasteiger partial charge on any atom is -0.319 e. The lowest BCUT2D eigenvalue weighted by atomic mass is 11.3. The summed E-state index contributed by atoms with van der Waals surface area (Å²) in [7, 11) is -3.88. The van der Waals surface area contributed by atoms with Crippen LogP contribution in [0, 0.1) is 24.2 Å². The standard InChI is InChI=1S/C4H2O3S/c1-3-7-8(5,6)4-2/h1-2H. The molecule has 0 fully saturated rings. The Bertz CT molecular complexity index is 235. The second kappa shape index (κ2) is 2.25. The van der Waals surface area contributed by atoms with Gasteiger partial charge in [0.2, 0.25) is 0 Å². The lowest BCUT2D eigenvalue weighted by Gasteiger charge is -1.84. The second-order valence-corrected chi connectivity index (χ2v) is 2.08. The van der Waals surface area contributed by atoms with E-state index in [2.05, 4.69) is 17.0 Å². The molecule has 42 valence electrons. The number of terminal acetylenes is 2. The van der Waals surface area contributed by atoms with E-state index in [9.17, 15) is 8.42 Å². The topological polar surface area (TPSA) is 43.4 Å². The van der Waals surface area contributed by atoms with Gasteiger partial charge in [-0.3, -0.25) is 0 Å². The summed E-state index contributed by atoms with van der Waals surface area (Å²) in [4.78, 5) is 0. The van der Waals surface area contributed by atoms with Crippen LogP contribution in [0.2, 0.25) is 0 Å². The highest BCUT2D eigenvalue weighted by Gasteiger charge is 2.00. The van der Waals surface area contributed by atoms with Gasteiger partial charge < -0.3 is 4.18 Å². The van der Waals surface area contributed by atoms with Gasteiger partial charge in [-0.25, -0.2) is 0 Å². The summed E-state index contributed by atoms with van der Waals surface area (Å²) in [5.74, 6) is 0. The summed E-state index contributed by atoms with van der Waals surface area (Å²) in [6, 6.07) is 0. The van der Waals surface area contributed by atoms with Crippen molar-refractivity contribution >= 4 is 10.1 Å². The van der Waals surface area contributed by atoms with Crippen LogP contribution in [-0.2, 0) is 14.3 Å². The van der Waals surface area contributed by atoms with E-state index >= 15 is 0 Å². The summed E-state index contributed by atoms with van der Waals surface area (Å²) < 4.78 is 23.6. The Hall–Kier alpha value is -1.13. The Labute approximate surface area is 47.8 Å². The highest BCUT2D eigenvalue weighted by atomic mass is 32.2. The van der Waals surface area contributed by atoms with Crippen LogP contribution in [0.25, 0.3) is 0 Å². The fraction of sp³-hybridized carbons (Fsp3) is 0. The SMILES string of the molecule is C#COS(=O)(=O)C#C. The molecule has 0 radical (unpaired) electrons. The molecule has 0 saturated carbocycles. The molecule has 0 saturated heterocycles. The van der Waals surface area contributed by atoms with Crippen molar-refractivity contribution < 1.29 is 12.6 Å². The molecule has 0 N–H and O–H groups in total. The van der Waals surface area contributed by atoms with Crippen molar-refractivity contribution in [1.29, 1.82) is 0 Å². The smallest absolute Gasteiger partial charge is 0.319 e. The molecule has 0 heterocycles. The van der Waals surface area contributed by atoms with E-state index in [-0.39, 0.29) is 0 Å². The van der Waals surface area contributed by atoms with Crippen LogP contribution in [0.15, 0.2) is 0 Å². The van der Waals surface area contributed by atoms with E-state index in [0.29, 0.717) is 0 Å². The van der Waals surface area contributed by atoms with Crippen LogP contribution in [0.4, 0.5) is 0 Å². The first-order valence-corrected chi connectivity index (χ1v) is 2.89. The maximum Gasteiger partial charge on any atom is 0.389 e. The van der Waals surface area contributed by atoms with Gasteiger partial charge >= 0.3 is 10.1 Å². The van der Waals surface area contributed by atoms with Crippen molar-refractivity contribution in [3.8, 4) is 24.2 Å². The Kier molecular flexibility index (Phi) is 1.93. The summed E-state index contributed by atoms with van der Waals surface area (Å²) >= 11 is 0. The van der Waals surface area contributed by atoms with Crippen LogP contribution in [-0.4, -0.2) is 8.42 Å². The third-order valence-electron chi connectivity index (χ3n) is 0.302. The van der Waals surface area contributed by atoms with Gasteiger partial charge in [0, 0.05) is 0 Å². The Morgan fingerprint density at radius 2 is 1.88 bits per heavy atom. The maximum atomic E-state index is 10.00. The van der Waals surface area contributed by atoms with Gasteiger partial charge in [0.15, 0.2) is 0 Å². The molecule has 0 aromatic heterocycles. The molecule has 0 spiro atoms. The predicted octanol–water partition coefficient (Wildman–Crippen LogP) is -0.486. The van der Waals surface area contributed by atoms with Crippen molar-refractivity contribution in [3.05, 3.63) is 0 Å². The summed E-state index contributed by atoms with van der Waals surface area (Å²) in [6.07, 6.45) is 10.3. The second-order valence-electron chi connectivity index (χ2n) is 0.773. The van der Waals surface area contributed by atoms with Crippen molar-refractivity contribution in [2.24, 2.45) is 0 Å². The first-order valence-electron chi connectivity index (χ1n) is 1.49. The molecule has 0 bridgehead atoms. The predicted molar refractivity (Wildman–Crippen MR) is 27.7 cm³/mol.